The zero-order chi connectivity index (χ0) is 18.5. The molecule has 3 rings (SSSR count). The average molecular weight is 374 g/mol. The van der Waals surface area contributed by atoms with E-state index in [1.165, 1.54) is 12.1 Å². The third-order valence-corrected chi connectivity index (χ3v) is 5.52. The lowest BCUT2D eigenvalue weighted by Gasteiger charge is -2.26. The van der Waals surface area contributed by atoms with Crippen LogP contribution >= 0.6 is 0 Å². The Labute approximate surface area is 146 Å². The van der Waals surface area contributed by atoms with Crippen molar-refractivity contribution in [2.75, 3.05) is 13.2 Å². The van der Waals surface area contributed by atoms with Gasteiger partial charge in [-0.25, -0.2) is 0 Å². The van der Waals surface area contributed by atoms with Crippen LogP contribution in [0.2, 0.25) is 0 Å². The lowest BCUT2D eigenvalue weighted by atomic mass is 10.1. The molecule has 0 bridgehead atoms. The van der Waals surface area contributed by atoms with Crippen molar-refractivity contribution in [3.8, 4) is 0 Å². The molecule has 9 heteroatoms. The second-order valence-corrected chi connectivity index (χ2v) is 8.32. The number of hydrogen-bond acceptors (Lipinski definition) is 8. The molecular weight excluding hydrogens is 352 g/mol. The predicted octanol–water partition coefficient (Wildman–Crippen LogP) is 0.300. The summed E-state index contributed by atoms with van der Waals surface area (Å²) in [6.07, 6.45) is -3.17. The second kappa shape index (κ2) is 6.27. The molecule has 1 aromatic carbocycles. The maximum atomic E-state index is 12.2. The Balaban J connectivity index is 1.70. The lowest BCUT2D eigenvalue weighted by molar-refractivity contribution is -0.275. The van der Waals surface area contributed by atoms with E-state index in [4.69, 9.17) is 18.4 Å². The van der Waals surface area contributed by atoms with Crippen molar-refractivity contribution in [3.05, 3.63) is 29.8 Å². The summed E-state index contributed by atoms with van der Waals surface area (Å²) in [5.41, 5.74) is 0.920. The Morgan fingerprint density at radius 1 is 1.20 bits per heavy atom. The summed E-state index contributed by atoms with van der Waals surface area (Å²) >= 11 is 0. The fourth-order valence-corrected chi connectivity index (χ4v) is 3.98. The van der Waals surface area contributed by atoms with Crippen LogP contribution in [-0.2, 0) is 28.5 Å². The molecule has 2 aliphatic heterocycles. The highest BCUT2D eigenvalue weighted by Crippen LogP contribution is 2.45. The molecule has 25 heavy (non-hydrogen) atoms. The summed E-state index contributed by atoms with van der Waals surface area (Å²) in [5.74, 6) is -2.57. The minimum Gasteiger partial charge on any atom is -0.391 e. The third-order valence-electron chi connectivity index (χ3n) is 4.22. The first-order valence-electron chi connectivity index (χ1n) is 7.89. The molecule has 0 radical (unpaired) electrons. The molecule has 0 amide bonds. The molecule has 0 aliphatic carbocycles. The summed E-state index contributed by atoms with van der Waals surface area (Å²) in [6.45, 7) is 4.13. The highest BCUT2D eigenvalue weighted by Gasteiger charge is 2.64. The van der Waals surface area contributed by atoms with E-state index in [-0.39, 0.29) is 4.90 Å². The van der Waals surface area contributed by atoms with Crippen molar-refractivity contribution < 1.29 is 37.0 Å². The summed E-state index contributed by atoms with van der Waals surface area (Å²) in [4.78, 5) is 0.0104. The van der Waals surface area contributed by atoms with Gasteiger partial charge in [0.2, 0.25) is 5.79 Å². The largest absolute Gasteiger partial charge is 0.391 e. The van der Waals surface area contributed by atoms with Crippen molar-refractivity contribution in [2.24, 2.45) is 0 Å². The molecule has 2 fully saturated rings. The van der Waals surface area contributed by atoms with Crippen LogP contribution in [0.15, 0.2) is 29.2 Å². The number of aliphatic hydroxyl groups is 2. The smallest absolute Gasteiger partial charge is 0.297 e. The fraction of sp³-hybridized carbons (Fsp3) is 0.625. The first kappa shape index (κ1) is 18.7. The lowest BCUT2D eigenvalue weighted by Crippen LogP contribution is -2.43. The molecule has 1 aromatic rings. The van der Waals surface area contributed by atoms with Gasteiger partial charge in [0.1, 0.15) is 24.9 Å². The van der Waals surface area contributed by atoms with E-state index in [2.05, 4.69) is 0 Å². The zero-order valence-electron chi connectivity index (χ0n) is 14.2. The van der Waals surface area contributed by atoms with Crippen LogP contribution in [0.4, 0.5) is 0 Å². The number of benzene rings is 1. The first-order chi connectivity index (χ1) is 11.6. The Hall–Kier alpha value is -1.07. The highest BCUT2D eigenvalue weighted by atomic mass is 32.2. The van der Waals surface area contributed by atoms with Gasteiger partial charge in [0.05, 0.1) is 11.5 Å². The van der Waals surface area contributed by atoms with Gasteiger partial charge in [-0.1, -0.05) is 17.7 Å². The molecule has 0 unspecified atom stereocenters. The molecule has 2 saturated heterocycles. The molecule has 2 aliphatic rings. The first-order valence-corrected chi connectivity index (χ1v) is 9.30. The van der Waals surface area contributed by atoms with Gasteiger partial charge in [-0.05, 0) is 32.9 Å². The van der Waals surface area contributed by atoms with Crippen LogP contribution in [0.1, 0.15) is 19.4 Å². The van der Waals surface area contributed by atoms with Crippen LogP contribution < -0.4 is 0 Å². The van der Waals surface area contributed by atoms with Gasteiger partial charge in [-0.15, -0.1) is 0 Å². The number of fused-ring (bicyclic) bond motifs is 1. The van der Waals surface area contributed by atoms with Crippen LogP contribution in [0, 0.1) is 6.92 Å². The number of aliphatic hydroxyl groups excluding tert-OH is 2. The standard InChI is InChI=1S/C16H22O8S/c1-10-4-6-11(7-5-10)25(19,20)21-8-12-13(18)14-16(9-17,22-12)24-15(2,3)23-14/h4-7,12-14,17-18H,8-9H2,1-3H3/t12-,13+,14+,16-/m0/s1. The van der Waals surface area contributed by atoms with E-state index >= 15 is 0 Å². The molecule has 2 heterocycles. The maximum absolute atomic E-state index is 12.2. The molecule has 0 aromatic heterocycles. The molecule has 0 saturated carbocycles. The molecule has 140 valence electrons. The van der Waals surface area contributed by atoms with Crippen molar-refractivity contribution in [3.63, 3.8) is 0 Å². The van der Waals surface area contributed by atoms with E-state index < -0.39 is 53.2 Å². The monoisotopic (exact) mass is 374 g/mol. The SMILES string of the molecule is Cc1ccc(S(=O)(=O)OC[C@@H]2O[C@@]3(CO)OC(C)(C)O[C@@H]3[C@@H]2O)cc1. The third kappa shape index (κ3) is 3.45. The molecule has 8 nitrogen and oxygen atoms in total. The van der Waals surface area contributed by atoms with E-state index in [0.717, 1.165) is 5.56 Å². The normalized spacial score (nSPS) is 34.2. The van der Waals surface area contributed by atoms with Crippen LogP contribution in [0.25, 0.3) is 0 Å². The minimum absolute atomic E-state index is 0.0104. The molecular formula is C16H22O8S. The second-order valence-electron chi connectivity index (χ2n) is 6.71. The molecule has 4 atom stereocenters. The molecule has 0 spiro atoms. The maximum Gasteiger partial charge on any atom is 0.297 e. The van der Waals surface area contributed by atoms with Crippen LogP contribution in [-0.4, -0.2) is 61.7 Å². The van der Waals surface area contributed by atoms with Crippen molar-refractivity contribution >= 4 is 10.1 Å². The number of rotatable bonds is 5. The zero-order valence-corrected chi connectivity index (χ0v) is 15.0. The van der Waals surface area contributed by atoms with Gasteiger partial charge in [-0.2, -0.15) is 8.42 Å². The summed E-state index contributed by atoms with van der Waals surface area (Å²) in [6, 6.07) is 6.20. The quantitative estimate of drug-likeness (QED) is 0.708. The average Bonchev–Trinajstić information content (AvgIpc) is 2.95. The van der Waals surface area contributed by atoms with E-state index in [0.29, 0.717) is 0 Å². The Bertz CT molecular complexity index is 729. The Morgan fingerprint density at radius 2 is 1.84 bits per heavy atom. The topological polar surface area (TPSA) is 112 Å². The summed E-state index contributed by atoms with van der Waals surface area (Å²) in [5, 5.41) is 20.0. The summed E-state index contributed by atoms with van der Waals surface area (Å²) < 4.78 is 46.2. The van der Waals surface area contributed by atoms with Crippen molar-refractivity contribution in [2.45, 2.75) is 55.6 Å². The van der Waals surface area contributed by atoms with Crippen LogP contribution in [0.3, 0.4) is 0 Å². The van der Waals surface area contributed by atoms with E-state index in [1.807, 2.05) is 6.92 Å². The van der Waals surface area contributed by atoms with Gasteiger partial charge in [0.15, 0.2) is 5.79 Å². The van der Waals surface area contributed by atoms with Gasteiger partial charge >= 0.3 is 0 Å². The van der Waals surface area contributed by atoms with Gasteiger partial charge < -0.3 is 24.4 Å². The van der Waals surface area contributed by atoms with Crippen LogP contribution in [0.5, 0.6) is 0 Å². The van der Waals surface area contributed by atoms with Crippen molar-refractivity contribution in [1.82, 2.24) is 0 Å². The number of ether oxygens (including phenoxy) is 3. The Kier molecular flexibility index (Phi) is 4.70. The highest BCUT2D eigenvalue weighted by molar-refractivity contribution is 7.86. The van der Waals surface area contributed by atoms with Crippen molar-refractivity contribution in [1.29, 1.82) is 0 Å². The van der Waals surface area contributed by atoms with Gasteiger partial charge in [0, 0.05) is 0 Å². The van der Waals surface area contributed by atoms with E-state index in [1.54, 1.807) is 26.0 Å². The number of aryl methyl sites for hydroxylation is 1. The van der Waals surface area contributed by atoms with E-state index in [9.17, 15) is 18.6 Å². The van der Waals surface area contributed by atoms with Gasteiger partial charge in [0.25, 0.3) is 10.1 Å². The Morgan fingerprint density at radius 3 is 2.40 bits per heavy atom. The minimum atomic E-state index is -4.00. The number of hydrogen-bond donors (Lipinski definition) is 2. The molecule has 2 N–H and O–H groups in total. The summed E-state index contributed by atoms with van der Waals surface area (Å²) in [7, 11) is -4.00. The van der Waals surface area contributed by atoms with Gasteiger partial charge in [-0.3, -0.25) is 4.18 Å². The fourth-order valence-electron chi connectivity index (χ4n) is 3.06. The predicted molar refractivity (Wildman–Crippen MR) is 85.1 cm³/mol.